The Kier molecular flexibility index (Phi) is 6.47. The summed E-state index contributed by atoms with van der Waals surface area (Å²) in [5.41, 5.74) is 0.939. The van der Waals surface area contributed by atoms with Crippen molar-refractivity contribution in [3.63, 3.8) is 0 Å². The number of hydrogen-bond acceptors (Lipinski definition) is 4. The van der Waals surface area contributed by atoms with Crippen LogP contribution in [-0.2, 0) is 9.53 Å². The number of anilines is 1. The van der Waals surface area contributed by atoms with Gasteiger partial charge in [0.15, 0.2) is 6.10 Å². The average molecular weight is 433 g/mol. The Hall–Kier alpha value is -2.38. The van der Waals surface area contributed by atoms with E-state index in [2.05, 4.69) is 21.2 Å². The van der Waals surface area contributed by atoms with Gasteiger partial charge < -0.3 is 19.7 Å². The summed E-state index contributed by atoms with van der Waals surface area (Å²) < 4.78 is 11.9. The molecule has 1 N–H and O–H groups in total. The van der Waals surface area contributed by atoms with Crippen LogP contribution in [0.25, 0.3) is 0 Å². The van der Waals surface area contributed by atoms with Crippen LogP contribution in [0.2, 0.25) is 0 Å². The molecule has 1 aliphatic rings. The molecule has 27 heavy (non-hydrogen) atoms. The molecule has 1 fully saturated rings. The maximum Gasteiger partial charge on any atom is 0.265 e. The van der Waals surface area contributed by atoms with Gasteiger partial charge in [-0.3, -0.25) is 9.59 Å². The van der Waals surface area contributed by atoms with E-state index in [1.54, 1.807) is 48.2 Å². The van der Waals surface area contributed by atoms with Gasteiger partial charge in [-0.15, -0.1) is 0 Å². The van der Waals surface area contributed by atoms with E-state index in [1.807, 2.05) is 12.1 Å². The molecule has 1 heterocycles. The molecule has 6 nitrogen and oxygen atoms in total. The Morgan fingerprint density at radius 2 is 1.78 bits per heavy atom. The molecule has 7 heteroatoms. The Morgan fingerprint density at radius 3 is 2.48 bits per heavy atom. The van der Waals surface area contributed by atoms with E-state index >= 15 is 0 Å². The lowest BCUT2D eigenvalue weighted by atomic mass is 10.1. The van der Waals surface area contributed by atoms with E-state index in [0.717, 1.165) is 4.47 Å². The highest BCUT2D eigenvalue weighted by Gasteiger charge is 2.23. The van der Waals surface area contributed by atoms with Crippen LogP contribution < -0.4 is 10.1 Å². The predicted octanol–water partition coefficient (Wildman–Crippen LogP) is 3.33. The molecule has 1 saturated heterocycles. The standard InChI is InChI=1S/C20H21BrN2O4/c1-14(27-16-8-6-15(21)7-9-16)19(24)22-18-5-3-2-4-17(18)20(25)23-10-12-26-13-11-23/h2-9,14H,10-13H2,1H3,(H,22,24)/t14-/m0/s1. The number of carbonyl (C=O) groups is 2. The first-order chi connectivity index (χ1) is 13.0. The Morgan fingerprint density at radius 1 is 1.11 bits per heavy atom. The van der Waals surface area contributed by atoms with Crippen molar-refractivity contribution in [1.82, 2.24) is 4.90 Å². The molecule has 0 saturated carbocycles. The van der Waals surface area contributed by atoms with Crippen molar-refractivity contribution in [2.75, 3.05) is 31.6 Å². The Bertz CT molecular complexity index is 804. The topological polar surface area (TPSA) is 67.9 Å². The average Bonchev–Trinajstić information content (AvgIpc) is 2.70. The van der Waals surface area contributed by atoms with Crippen LogP contribution in [0.3, 0.4) is 0 Å². The van der Waals surface area contributed by atoms with Crippen molar-refractivity contribution in [2.24, 2.45) is 0 Å². The molecular formula is C20H21BrN2O4. The molecule has 1 aliphatic heterocycles. The highest BCUT2D eigenvalue weighted by Crippen LogP contribution is 2.20. The lowest BCUT2D eigenvalue weighted by molar-refractivity contribution is -0.122. The van der Waals surface area contributed by atoms with E-state index in [4.69, 9.17) is 9.47 Å². The summed E-state index contributed by atoms with van der Waals surface area (Å²) >= 11 is 3.36. The van der Waals surface area contributed by atoms with Gasteiger partial charge in [0.1, 0.15) is 5.75 Å². The molecule has 0 spiro atoms. The molecule has 0 aromatic heterocycles. The largest absolute Gasteiger partial charge is 0.481 e. The first-order valence-corrected chi connectivity index (χ1v) is 9.53. The molecule has 2 amide bonds. The molecule has 142 valence electrons. The normalized spacial score (nSPS) is 15.1. The summed E-state index contributed by atoms with van der Waals surface area (Å²) in [7, 11) is 0. The summed E-state index contributed by atoms with van der Waals surface area (Å²) in [6.07, 6.45) is -0.710. The van der Waals surface area contributed by atoms with E-state index in [9.17, 15) is 9.59 Å². The predicted molar refractivity (Wildman–Crippen MR) is 106 cm³/mol. The van der Waals surface area contributed by atoms with E-state index in [0.29, 0.717) is 43.3 Å². The van der Waals surface area contributed by atoms with Gasteiger partial charge in [0.25, 0.3) is 11.8 Å². The fraction of sp³-hybridized carbons (Fsp3) is 0.300. The number of amides is 2. The zero-order valence-electron chi connectivity index (χ0n) is 15.0. The first-order valence-electron chi connectivity index (χ1n) is 8.74. The van der Waals surface area contributed by atoms with Gasteiger partial charge in [-0.05, 0) is 43.3 Å². The summed E-state index contributed by atoms with van der Waals surface area (Å²) in [6.45, 7) is 3.81. The van der Waals surface area contributed by atoms with Gasteiger partial charge in [-0.25, -0.2) is 0 Å². The third kappa shape index (κ3) is 5.08. The highest BCUT2D eigenvalue weighted by molar-refractivity contribution is 9.10. The number of morpholine rings is 1. The van der Waals surface area contributed by atoms with Gasteiger partial charge in [-0.1, -0.05) is 28.1 Å². The molecule has 0 aliphatic carbocycles. The lowest BCUT2D eigenvalue weighted by Crippen LogP contribution is -2.41. The number of ether oxygens (including phenoxy) is 2. The smallest absolute Gasteiger partial charge is 0.265 e. The van der Waals surface area contributed by atoms with Gasteiger partial charge in [0.2, 0.25) is 0 Å². The number of rotatable bonds is 5. The first kappa shape index (κ1) is 19.4. The fourth-order valence-electron chi connectivity index (χ4n) is 2.72. The molecule has 0 unspecified atom stereocenters. The molecule has 2 aromatic carbocycles. The SMILES string of the molecule is C[C@H](Oc1ccc(Br)cc1)C(=O)Nc1ccccc1C(=O)N1CCOCC1. The summed E-state index contributed by atoms with van der Waals surface area (Å²) in [4.78, 5) is 27.1. The van der Waals surface area contributed by atoms with E-state index in [1.165, 1.54) is 0 Å². The van der Waals surface area contributed by atoms with E-state index < -0.39 is 6.10 Å². The van der Waals surface area contributed by atoms with Crippen LogP contribution in [-0.4, -0.2) is 49.1 Å². The number of hydrogen-bond donors (Lipinski definition) is 1. The highest BCUT2D eigenvalue weighted by atomic mass is 79.9. The number of benzene rings is 2. The lowest BCUT2D eigenvalue weighted by Gasteiger charge is -2.27. The minimum Gasteiger partial charge on any atom is -0.481 e. The summed E-state index contributed by atoms with van der Waals surface area (Å²) in [5, 5.41) is 2.81. The van der Waals surface area contributed by atoms with Crippen LogP contribution in [0.15, 0.2) is 53.0 Å². The summed E-state index contributed by atoms with van der Waals surface area (Å²) in [6, 6.07) is 14.3. The van der Waals surface area contributed by atoms with Crippen LogP contribution in [0.4, 0.5) is 5.69 Å². The van der Waals surface area contributed by atoms with Crippen LogP contribution in [0.1, 0.15) is 17.3 Å². The number of halogens is 1. The van der Waals surface area contributed by atoms with Crippen molar-refractivity contribution >= 4 is 33.4 Å². The van der Waals surface area contributed by atoms with Crippen molar-refractivity contribution in [1.29, 1.82) is 0 Å². The molecule has 0 radical (unpaired) electrons. The van der Waals surface area contributed by atoms with Crippen molar-refractivity contribution in [3.05, 3.63) is 58.6 Å². The zero-order chi connectivity index (χ0) is 19.2. The van der Waals surface area contributed by atoms with Crippen molar-refractivity contribution in [3.8, 4) is 5.75 Å². The second kappa shape index (κ2) is 9.01. The molecule has 3 rings (SSSR count). The fourth-order valence-corrected chi connectivity index (χ4v) is 2.98. The number of para-hydroxylation sites is 1. The molecule has 1 atom stereocenters. The van der Waals surface area contributed by atoms with Gasteiger partial charge >= 0.3 is 0 Å². The van der Waals surface area contributed by atoms with Crippen molar-refractivity contribution in [2.45, 2.75) is 13.0 Å². The van der Waals surface area contributed by atoms with E-state index in [-0.39, 0.29) is 11.8 Å². The monoisotopic (exact) mass is 432 g/mol. The van der Waals surface area contributed by atoms with Gasteiger partial charge in [-0.2, -0.15) is 0 Å². The van der Waals surface area contributed by atoms with Crippen LogP contribution >= 0.6 is 15.9 Å². The maximum absolute atomic E-state index is 12.8. The number of nitrogens with zero attached hydrogens (tertiary/aromatic N) is 1. The van der Waals surface area contributed by atoms with Crippen molar-refractivity contribution < 1.29 is 19.1 Å². The molecular weight excluding hydrogens is 412 g/mol. The van der Waals surface area contributed by atoms with Gasteiger partial charge in [0, 0.05) is 17.6 Å². The Labute approximate surface area is 166 Å². The minimum atomic E-state index is -0.710. The number of nitrogens with one attached hydrogen (secondary N) is 1. The third-order valence-corrected chi connectivity index (χ3v) is 4.74. The maximum atomic E-state index is 12.8. The van der Waals surface area contributed by atoms with Gasteiger partial charge in [0.05, 0.1) is 24.5 Å². The molecule has 0 bridgehead atoms. The second-order valence-corrected chi connectivity index (χ2v) is 7.07. The second-order valence-electron chi connectivity index (χ2n) is 6.15. The Balaban J connectivity index is 1.68. The summed E-state index contributed by atoms with van der Waals surface area (Å²) in [5.74, 6) is 0.161. The quantitative estimate of drug-likeness (QED) is 0.786. The number of carbonyl (C=O) groups excluding carboxylic acids is 2. The minimum absolute atomic E-state index is 0.115. The molecule has 2 aromatic rings. The van der Waals surface area contributed by atoms with Crippen LogP contribution in [0, 0.1) is 0 Å². The van der Waals surface area contributed by atoms with Crippen LogP contribution in [0.5, 0.6) is 5.75 Å². The third-order valence-electron chi connectivity index (χ3n) is 4.21. The zero-order valence-corrected chi connectivity index (χ0v) is 16.6.